The van der Waals surface area contributed by atoms with E-state index in [-0.39, 0.29) is 6.10 Å². The number of ether oxygens (including phenoxy) is 1. The van der Waals surface area contributed by atoms with Gasteiger partial charge in [-0.3, -0.25) is 0 Å². The van der Waals surface area contributed by atoms with Gasteiger partial charge in [-0.1, -0.05) is 19.8 Å². The van der Waals surface area contributed by atoms with Crippen LogP contribution in [0.5, 0.6) is 5.75 Å². The summed E-state index contributed by atoms with van der Waals surface area (Å²) in [7, 11) is 0. The van der Waals surface area contributed by atoms with Crippen LogP contribution in [-0.4, -0.2) is 17.2 Å². The molecule has 1 aromatic carbocycles. The van der Waals surface area contributed by atoms with Crippen LogP contribution >= 0.6 is 22.6 Å². The van der Waals surface area contributed by atoms with Gasteiger partial charge in [-0.15, -0.1) is 0 Å². The Morgan fingerprint density at radius 2 is 2.26 bits per heavy atom. The molecule has 1 saturated carbocycles. The number of rotatable bonds is 4. The first-order valence-corrected chi connectivity index (χ1v) is 7.87. The molecule has 0 aliphatic heterocycles. The maximum atomic E-state index is 11.0. The minimum Gasteiger partial charge on any atom is -0.489 e. The molecule has 104 valence electrons. The minimum absolute atomic E-state index is 0.233. The number of carboxylic acid groups (broad SMARTS) is 1. The van der Waals surface area contributed by atoms with Gasteiger partial charge in [0, 0.05) is 0 Å². The fourth-order valence-electron chi connectivity index (χ4n) is 2.63. The molecule has 0 heterocycles. The lowest BCUT2D eigenvalue weighted by atomic mass is 9.85. The topological polar surface area (TPSA) is 46.5 Å². The van der Waals surface area contributed by atoms with E-state index in [0.29, 0.717) is 11.3 Å². The molecule has 1 aliphatic carbocycles. The molecule has 0 radical (unpaired) electrons. The third-order valence-corrected chi connectivity index (χ3v) is 4.68. The summed E-state index contributed by atoms with van der Waals surface area (Å²) in [5, 5.41) is 9.03. The number of benzene rings is 1. The minimum atomic E-state index is -0.906. The summed E-state index contributed by atoms with van der Waals surface area (Å²) >= 11 is 2.19. The molecule has 4 heteroatoms. The van der Waals surface area contributed by atoms with Gasteiger partial charge in [0.05, 0.1) is 15.2 Å². The number of hydrogen-bond acceptors (Lipinski definition) is 2. The third-order valence-electron chi connectivity index (χ3n) is 3.78. The Labute approximate surface area is 127 Å². The molecule has 2 unspecified atom stereocenters. The van der Waals surface area contributed by atoms with E-state index in [0.717, 1.165) is 22.3 Å². The summed E-state index contributed by atoms with van der Waals surface area (Å²) in [6.07, 6.45) is 6.09. The first-order chi connectivity index (χ1) is 9.10. The third kappa shape index (κ3) is 3.84. The van der Waals surface area contributed by atoms with Crippen LogP contribution in [0.3, 0.4) is 0 Å². The van der Waals surface area contributed by atoms with Gasteiger partial charge in [0.1, 0.15) is 5.75 Å². The first kappa shape index (κ1) is 14.6. The van der Waals surface area contributed by atoms with Crippen molar-refractivity contribution in [1.82, 2.24) is 0 Å². The highest BCUT2D eigenvalue weighted by Gasteiger charge is 2.23. The molecule has 0 saturated heterocycles. The molecule has 2 atom stereocenters. The quantitative estimate of drug-likeness (QED) is 0.798. The largest absolute Gasteiger partial charge is 0.489 e. The lowest BCUT2D eigenvalue weighted by Gasteiger charge is -2.29. The Bertz CT molecular complexity index is 459. The summed E-state index contributed by atoms with van der Waals surface area (Å²) < 4.78 is 7.01. The summed E-state index contributed by atoms with van der Waals surface area (Å²) in [4.78, 5) is 11.0. The van der Waals surface area contributed by atoms with Crippen molar-refractivity contribution < 1.29 is 14.6 Å². The standard InChI is InChI=1S/C15H19IO3/c1-2-10-4-3-5-12(8-10)19-14-9-11(15(17)18)6-7-13(14)16/h6-7,9-10,12H,2-5,8H2,1H3,(H,17,18). The molecule has 0 amide bonds. The monoisotopic (exact) mass is 374 g/mol. The fourth-order valence-corrected chi connectivity index (χ4v) is 3.09. The van der Waals surface area contributed by atoms with E-state index in [9.17, 15) is 4.79 Å². The van der Waals surface area contributed by atoms with Crippen molar-refractivity contribution in [3.8, 4) is 5.75 Å². The van der Waals surface area contributed by atoms with Crippen LogP contribution in [0, 0.1) is 9.49 Å². The van der Waals surface area contributed by atoms with Crippen molar-refractivity contribution in [3.05, 3.63) is 27.3 Å². The number of hydrogen-bond donors (Lipinski definition) is 1. The van der Waals surface area contributed by atoms with Crippen molar-refractivity contribution in [1.29, 1.82) is 0 Å². The normalized spacial score (nSPS) is 23.1. The van der Waals surface area contributed by atoms with Crippen LogP contribution in [0.2, 0.25) is 0 Å². The van der Waals surface area contributed by atoms with Crippen LogP contribution < -0.4 is 4.74 Å². The molecule has 1 aliphatic rings. The first-order valence-electron chi connectivity index (χ1n) is 6.79. The second-order valence-corrected chi connectivity index (χ2v) is 6.29. The smallest absolute Gasteiger partial charge is 0.335 e. The predicted molar refractivity (Wildman–Crippen MR) is 82.8 cm³/mol. The van der Waals surface area contributed by atoms with E-state index >= 15 is 0 Å². The van der Waals surface area contributed by atoms with Crippen molar-refractivity contribution in [2.24, 2.45) is 5.92 Å². The molecule has 2 rings (SSSR count). The van der Waals surface area contributed by atoms with E-state index in [1.165, 1.54) is 19.3 Å². The molecule has 1 N–H and O–H groups in total. The van der Waals surface area contributed by atoms with Gasteiger partial charge >= 0.3 is 5.97 Å². The van der Waals surface area contributed by atoms with E-state index in [1.54, 1.807) is 18.2 Å². The van der Waals surface area contributed by atoms with Crippen LogP contribution in [0.15, 0.2) is 18.2 Å². The molecule has 3 nitrogen and oxygen atoms in total. The number of halogens is 1. The van der Waals surface area contributed by atoms with Gasteiger partial charge in [0.2, 0.25) is 0 Å². The zero-order valence-electron chi connectivity index (χ0n) is 11.1. The number of carbonyl (C=O) groups is 1. The van der Waals surface area contributed by atoms with Crippen molar-refractivity contribution >= 4 is 28.6 Å². The molecule has 1 aromatic rings. The Balaban J connectivity index is 2.09. The fraction of sp³-hybridized carbons (Fsp3) is 0.533. The highest BCUT2D eigenvalue weighted by molar-refractivity contribution is 14.1. The molecule has 19 heavy (non-hydrogen) atoms. The summed E-state index contributed by atoms with van der Waals surface area (Å²) in [5.41, 5.74) is 0.290. The average molecular weight is 374 g/mol. The molecule has 0 spiro atoms. The molecule has 0 aromatic heterocycles. The van der Waals surface area contributed by atoms with Crippen LogP contribution in [0.25, 0.3) is 0 Å². The van der Waals surface area contributed by atoms with Gasteiger partial charge in [-0.2, -0.15) is 0 Å². The lowest BCUT2D eigenvalue weighted by Crippen LogP contribution is -2.25. The summed E-state index contributed by atoms with van der Waals surface area (Å²) in [5.74, 6) is 0.553. The zero-order chi connectivity index (χ0) is 13.8. The lowest BCUT2D eigenvalue weighted by molar-refractivity contribution is 0.0695. The van der Waals surface area contributed by atoms with Gasteiger partial charge in [0.15, 0.2) is 0 Å². The van der Waals surface area contributed by atoms with Gasteiger partial charge in [0.25, 0.3) is 0 Å². The van der Waals surface area contributed by atoms with Gasteiger partial charge in [-0.05, 0) is 66.0 Å². The SMILES string of the molecule is CCC1CCCC(Oc2cc(C(=O)O)ccc2I)C1. The second-order valence-electron chi connectivity index (χ2n) is 5.13. The maximum Gasteiger partial charge on any atom is 0.335 e. The van der Waals surface area contributed by atoms with Crippen molar-refractivity contribution in [3.63, 3.8) is 0 Å². The Morgan fingerprint density at radius 3 is 2.95 bits per heavy atom. The van der Waals surface area contributed by atoms with Crippen molar-refractivity contribution in [2.75, 3.05) is 0 Å². The van der Waals surface area contributed by atoms with Crippen molar-refractivity contribution in [2.45, 2.75) is 45.1 Å². The summed E-state index contributed by atoms with van der Waals surface area (Å²) in [6.45, 7) is 2.22. The van der Waals surface area contributed by atoms with Crippen LogP contribution in [0.4, 0.5) is 0 Å². The number of carboxylic acids is 1. The number of aromatic carboxylic acids is 1. The highest BCUT2D eigenvalue weighted by atomic mass is 127. The Hall–Kier alpha value is -0.780. The van der Waals surface area contributed by atoms with E-state index in [2.05, 4.69) is 29.5 Å². The second kappa shape index (κ2) is 6.59. The average Bonchev–Trinajstić information content (AvgIpc) is 2.41. The maximum absolute atomic E-state index is 11.0. The van der Waals surface area contributed by atoms with Gasteiger partial charge < -0.3 is 9.84 Å². The summed E-state index contributed by atoms with van der Waals surface area (Å²) in [6, 6.07) is 5.06. The Morgan fingerprint density at radius 1 is 1.47 bits per heavy atom. The van der Waals surface area contributed by atoms with Gasteiger partial charge in [-0.25, -0.2) is 4.79 Å². The molecular weight excluding hydrogens is 355 g/mol. The van der Waals surface area contributed by atoms with E-state index in [4.69, 9.17) is 9.84 Å². The van der Waals surface area contributed by atoms with Crippen LogP contribution in [0.1, 0.15) is 49.4 Å². The molecular formula is C15H19IO3. The highest BCUT2D eigenvalue weighted by Crippen LogP contribution is 2.31. The Kier molecular flexibility index (Phi) is 5.07. The van der Waals surface area contributed by atoms with Crippen LogP contribution in [-0.2, 0) is 0 Å². The zero-order valence-corrected chi connectivity index (χ0v) is 13.2. The van der Waals surface area contributed by atoms with E-state index in [1.807, 2.05) is 0 Å². The molecule has 0 bridgehead atoms. The van der Waals surface area contributed by atoms with E-state index < -0.39 is 5.97 Å². The predicted octanol–water partition coefficient (Wildman–Crippen LogP) is 4.34. The molecule has 1 fully saturated rings.